The van der Waals surface area contributed by atoms with Crippen molar-refractivity contribution in [3.05, 3.63) is 65.9 Å². The molecule has 0 saturated heterocycles. The lowest BCUT2D eigenvalue weighted by Gasteiger charge is -2.07. The van der Waals surface area contributed by atoms with Crippen LogP contribution in [0.25, 0.3) is 28.7 Å². The first-order chi connectivity index (χ1) is 13.0. The van der Waals surface area contributed by atoms with Gasteiger partial charge in [-0.3, -0.25) is 0 Å². The van der Waals surface area contributed by atoms with E-state index in [0.717, 1.165) is 0 Å². The fourth-order valence-corrected chi connectivity index (χ4v) is 2.61. The first-order valence-corrected chi connectivity index (χ1v) is 7.88. The Morgan fingerprint density at radius 1 is 1.22 bits per heavy atom. The number of pyridine rings is 1. The molecule has 0 unspecified atom stereocenters. The third kappa shape index (κ3) is 2.95. The standard InChI is InChI=1S/C18H12FN5O3/c1-10-14(18(25)26)9-21-24(10)16-13(3-2-8-20-16)17-22-15(23-27-17)11-4-6-12(19)7-5-11/h2-9H,1H3,(H,25,26). The lowest BCUT2D eigenvalue weighted by Crippen LogP contribution is -2.06. The maximum atomic E-state index is 13.1. The van der Waals surface area contributed by atoms with Gasteiger partial charge in [0, 0.05) is 11.8 Å². The average Bonchev–Trinajstić information content (AvgIpc) is 3.29. The number of carboxylic acid groups (broad SMARTS) is 1. The quantitative estimate of drug-likeness (QED) is 0.592. The van der Waals surface area contributed by atoms with Crippen molar-refractivity contribution in [2.45, 2.75) is 6.92 Å². The van der Waals surface area contributed by atoms with E-state index in [9.17, 15) is 14.3 Å². The highest BCUT2D eigenvalue weighted by atomic mass is 19.1. The molecule has 0 aliphatic heterocycles. The Morgan fingerprint density at radius 2 is 2.00 bits per heavy atom. The molecule has 134 valence electrons. The molecule has 9 heteroatoms. The van der Waals surface area contributed by atoms with Gasteiger partial charge in [-0.15, -0.1) is 0 Å². The summed E-state index contributed by atoms with van der Waals surface area (Å²) in [5.41, 5.74) is 1.58. The van der Waals surface area contributed by atoms with Gasteiger partial charge in [-0.1, -0.05) is 5.16 Å². The number of nitrogens with zero attached hydrogens (tertiary/aromatic N) is 5. The smallest absolute Gasteiger partial charge is 0.339 e. The van der Waals surface area contributed by atoms with Crippen molar-refractivity contribution in [1.29, 1.82) is 0 Å². The number of aromatic carboxylic acids is 1. The van der Waals surface area contributed by atoms with Crippen molar-refractivity contribution in [3.63, 3.8) is 0 Å². The summed E-state index contributed by atoms with van der Waals surface area (Å²) in [6, 6.07) is 9.11. The highest BCUT2D eigenvalue weighted by Crippen LogP contribution is 2.27. The highest BCUT2D eigenvalue weighted by Gasteiger charge is 2.20. The molecular weight excluding hydrogens is 353 g/mol. The molecule has 0 amide bonds. The summed E-state index contributed by atoms with van der Waals surface area (Å²) in [5, 5.41) is 17.3. The molecule has 8 nitrogen and oxygen atoms in total. The highest BCUT2D eigenvalue weighted by molar-refractivity contribution is 5.88. The molecule has 0 radical (unpaired) electrons. The lowest BCUT2D eigenvalue weighted by molar-refractivity contribution is 0.0696. The minimum atomic E-state index is -1.08. The third-order valence-corrected chi connectivity index (χ3v) is 3.99. The molecule has 0 saturated carbocycles. The summed E-state index contributed by atoms with van der Waals surface area (Å²) in [6.07, 6.45) is 2.81. The van der Waals surface area contributed by atoms with E-state index in [1.54, 1.807) is 37.4 Å². The van der Waals surface area contributed by atoms with Gasteiger partial charge in [0.05, 0.1) is 17.5 Å². The van der Waals surface area contributed by atoms with Gasteiger partial charge in [0.2, 0.25) is 5.82 Å². The maximum Gasteiger partial charge on any atom is 0.339 e. The molecule has 0 atom stereocenters. The Hall–Kier alpha value is -3.88. The monoisotopic (exact) mass is 365 g/mol. The normalized spacial score (nSPS) is 10.9. The Kier molecular flexibility index (Phi) is 3.96. The van der Waals surface area contributed by atoms with Gasteiger partial charge >= 0.3 is 5.97 Å². The Bertz CT molecular complexity index is 1130. The zero-order valence-electron chi connectivity index (χ0n) is 14.0. The van der Waals surface area contributed by atoms with Crippen LogP contribution in [0.15, 0.2) is 53.3 Å². The number of carboxylic acids is 1. The summed E-state index contributed by atoms with van der Waals surface area (Å²) in [5.74, 6) is -0.600. The fourth-order valence-electron chi connectivity index (χ4n) is 2.61. The van der Waals surface area contributed by atoms with Crippen LogP contribution in [0, 0.1) is 12.7 Å². The second-order valence-electron chi connectivity index (χ2n) is 5.67. The second-order valence-corrected chi connectivity index (χ2v) is 5.67. The Morgan fingerprint density at radius 3 is 2.70 bits per heavy atom. The Labute approximate surface area is 151 Å². The molecule has 3 aromatic heterocycles. The number of hydrogen-bond donors (Lipinski definition) is 1. The number of halogens is 1. The second kappa shape index (κ2) is 6.45. The van der Waals surface area contributed by atoms with Crippen LogP contribution < -0.4 is 0 Å². The largest absolute Gasteiger partial charge is 0.478 e. The van der Waals surface area contributed by atoms with Gasteiger partial charge in [0.15, 0.2) is 5.82 Å². The molecule has 1 N–H and O–H groups in total. The van der Waals surface area contributed by atoms with Crippen LogP contribution >= 0.6 is 0 Å². The minimum Gasteiger partial charge on any atom is -0.478 e. The number of rotatable bonds is 4. The van der Waals surface area contributed by atoms with E-state index in [1.807, 2.05) is 0 Å². The lowest BCUT2D eigenvalue weighted by atomic mass is 10.2. The molecule has 1 aromatic carbocycles. The zero-order chi connectivity index (χ0) is 19.0. The molecule has 0 fully saturated rings. The van der Waals surface area contributed by atoms with Gasteiger partial charge in [0.25, 0.3) is 5.89 Å². The van der Waals surface area contributed by atoms with Crippen LogP contribution in [-0.2, 0) is 0 Å². The van der Waals surface area contributed by atoms with E-state index in [0.29, 0.717) is 28.5 Å². The van der Waals surface area contributed by atoms with Crippen LogP contribution in [0.2, 0.25) is 0 Å². The van der Waals surface area contributed by atoms with E-state index < -0.39 is 5.97 Å². The topological polar surface area (TPSA) is 107 Å². The summed E-state index contributed by atoms with van der Waals surface area (Å²) >= 11 is 0. The predicted molar refractivity (Wildman–Crippen MR) is 91.7 cm³/mol. The van der Waals surface area contributed by atoms with Crippen molar-refractivity contribution in [1.82, 2.24) is 24.9 Å². The van der Waals surface area contributed by atoms with Crippen molar-refractivity contribution < 1.29 is 18.8 Å². The average molecular weight is 365 g/mol. The van der Waals surface area contributed by atoms with Gasteiger partial charge in [0.1, 0.15) is 11.4 Å². The molecular formula is C18H12FN5O3. The van der Waals surface area contributed by atoms with Crippen LogP contribution in [0.5, 0.6) is 0 Å². The van der Waals surface area contributed by atoms with Crippen LogP contribution in [0.1, 0.15) is 16.1 Å². The molecule has 27 heavy (non-hydrogen) atoms. The van der Waals surface area contributed by atoms with Gasteiger partial charge < -0.3 is 9.63 Å². The number of hydrogen-bond acceptors (Lipinski definition) is 6. The molecule has 0 spiro atoms. The van der Waals surface area contributed by atoms with E-state index in [1.165, 1.54) is 23.0 Å². The summed E-state index contributed by atoms with van der Waals surface area (Å²) < 4.78 is 19.8. The zero-order valence-corrected chi connectivity index (χ0v) is 14.0. The van der Waals surface area contributed by atoms with Crippen LogP contribution in [0.4, 0.5) is 4.39 Å². The molecule has 0 aliphatic carbocycles. The molecule has 4 aromatic rings. The van der Waals surface area contributed by atoms with Gasteiger partial charge in [-0.25, -0.2) is 18.9 Å². The van der Waals surface area contributed by atoms with Gasteiger partial charge in [-0.2, -0.15) is 10.1 Å². The first-order valence-electron chi connectivity index (χ1n) is 7.88. The summed E-state index contributed by atoms with van der Waals surface area (Å²) in [6.45, 7) is 1.63. The fraction of sp³-hybridized carbons (Fsp3) is 0.0556. The van der Waals surface area contributed by atoms with E-state index in [2.05, 4.69) is 20.2 Å². The first kappa shape index (κ1) is 16.6. The van der Waals surface area contributed by atoms with E-state index in [-0.39, 0.29) is 17.3 Å². The van der Waals surface area contributed by atoms with Crippen LogP contribution in [0.3, 0.4) is 0 Å². The van der Waals surface area contributed by atoms with E-state index in [4.69, 9.17) is 4.52 Å². The number of benzene rings is 1. The predicted octanol–water partition coefficient (Wildman–Crippen LogP) is 3.13. The number of carbonyl (C=O) groups is 1. The minimum absolute atomic E-state index is 0.0733. The maximum absolute atomic E-state index is 13.1. The van der Waals surface area contributed by atoms with E-state index >= 15 is 0 Å². The summed E-state index contributed by atoms with van der Waals surface area (Å²) in [4.78, 5) is 19.9. The van der Waals surface area contributed by atoms with Crippen molar-refractivity contribution in [2.24, 2.45) is 0 Å². The molecule has 0 aliphatic rings. The number of aromatic nitrogens is 5. The summed E-state index contributed by atoms with van der Waals surface area (Å²) in [7, 11) is 0. The SMILES string of the molecule is Cc1c(C(=O)O)cnn1-c1ncccc1-c1nc(-c2ccc(F)cc2)no1. The molecule has 4 rings (SSSR count). The van der Waals surface area contributed by atoms with Crippen LogP contribution in [-0.4, -0.2) is 36.0 Å². The third-order valence-electron chi connectivity index (χ3n) is 3.99. The molecule has 3 heterocycles. The van der Waals surface area contributed by atoms with Crippen molar-refractivity contribution in [3.8, 4) is 28.7 Å². The van der Waals surface area contributed by atoms with Crippen molar-refractivity contribution >= 4 is 5.97 Å². The Balaban J connectivity index is 1.78. The van der Waals surface area contributed by atoms with Gasteiger partial charge in [-0.05, 0) is 43.3 Å². The van der Waals surface area contributed by atoms with Crippen molar-refractivity contribution in [2.75, 3.05) is 0 Å². The molecule has 0 bridgehead atoms.